The summed E-state index contributed by atoms with van der Waals surface area (Å²) in [5.41, 5.74) is 0.464. The van der Waals surface area contributed by atoms with Crippen molar-refractivity contribution in [2.75, 3.05) is 6.61 Å². The third-order valence-electron chi connectivity index (χ3n) is 1.72. The number of carbonyl (C=O) groups excluding carboxylic acids is 1. The summed E-state index contributed by atoms with van der Waals surface area (Å²) in [6, 6.07) is 0. The van der Waals surface area contributed by atoms with Crippen molar-refractivity contribution in [1.29, 1.82) is 0 Å². The Labute approximate surface area is 86.6 Å². The summed E-state index contributed by atoms with van der Waals surface area (Å²) in [5, 5.41) is 0. The molecule has 0 aliphatic rings. The summed E-state index contributed by atoms with van der Waals surface area (Å²) in [4.78, 5) is 10.9. The van der Waals surface area contributed by atoms with Crippen LogP contribution < -0.4 is 0 Å². The zero-order valence-electron chi connectivity index (χ0n) is 9.21. The molecule has 0 amide bonds. The quantitative estimate of drug-likeness (QED) is 0.270. The number of unbranched alkanes of at least 4 members (excludes halogenated alkanes) is 2. The average molecular weight is 196 g/mol. The number of allylic oxidation sites excluding steroid dienone is 2. The van der Waals surface area contributed by atoms with Gasteiger partial charge in [-0.05, 0) is 26.2 Å². The van der Waals surface area contributed by atoms with Crippen LogP contribution in [0.1, 0.15) is 39.5 Å². The van der Waals surface area contributed by atoms with E-state index >= 15 is 0 Å². The predicted octanol–water partition coefficient (Wildman–Crippen LogP) is 3.24. The molecule has 0 saturated heterocycles. The van der Waals surface area contributed by atoms with Gasteiger partial charge in [-0.25, -0.2) is 4.79 Å². The molecular formula is C12H20O2. The first-order chi connectivity index (χ1) is 6.68. The van der Waals surface area contributed by atoms with Gasteiger partial charge in [0.1, 0.15) is 0 Å². The Balaban J connectivity index is 3.29. The van der Waals surface area contributed by atoms with Crippen molar-refractivity contribution in [3.8, 4) is 0 Å². The van der Waals surface area contributed by atoms with Gasteiger partial charge < -0.3 is 4.74 Å². The molecule has 0 N–H and O–H groups in total. The average Bonchev–Trinajstić information content (AvgIpc) is 2.16. The smallest absolute Gasteiger partial charge is 0.333 e. The fourth-order valence-electron chi connectivity index (χ4n) is 0.892. The van der Waals surface area contributed by atoms with Crippen LogP contribution in [0.15, 0.2) is 24.3 Å². The van der Waals surface area contributed by atoms with Crippen molar-refractivity contribution in [3.63, 3.8) is 0 Å². The number of carbonyl (C=O) groups is 1. The van der Waals surface area contributed by atoms with Gasteiger partial charge in [0.25, 0.3) is 0 Å². The molecule has 0 heterocycles. The second kappa shape index (κ2) is 8.54. The molecule has 0 bridgehead atoms. The van der Waals surface area contributed by atoms with Crippen molar-refractivity contribution in [2.24, 2.45) is 0 Å². The van der Waals surface area contributed by atoms with Crippen molar-refractivity contribution >= 4 is 5.97 Å². The van der Waals surface area contributed by atoms with E-state index < -0.39 is 0 Å². The van der Waals surface area contributed by atoms with E-state index in [1.807, 2.05) is 0 Å². The first-order valence-electron chi connectivity index (χ1n) is 5.16. The molecule has 0 radical (unpaired) electrons. The molecule has 0 spiro atoms. The van der Waals surface area contributed by atoms with E-state index in [4.69, 9.17) is 4.74 Å². The molecule has 80 valence electrons. The van der Waals surface area contributed by atoms with Gasteiger partial charge in [0, 0.05) is 5.57 Å². The first-order valence-corrected chi connectivity index (χ1v) is 5.16. The molecule has 0 aromatic heterocycles. The Morgan fingerprint density at radius 3 is 2.57 bits per heavy atom. The molecule has 2 nitrogen and oxygen atoms in total. The number of hydrogen-bond acceptors (Lipinski definition) is 2. The highest BCUT2D eigenvalue weighted by molar-refractivity contribution is 5.86. The van der Waals surface area contributed by atoms with Crippen LogP contribution in [0, 0.1) is 0 Å². The Morgan fingerprint density at radius 2 is 2.00 bits per heavy atom. The van der Waals surface area contributed by atoms with Crippen LogP contribution in [0.3, 0.4) is 0 Å². The highest BCUT2D eigenvalue weighted by Crippen LogP contribution is 1.98. The largest absolute Gasteiger partial charge is 0.462 e. The summed E-state index contributed by atoms with van der Waals surface area (Å²) in [6.45, 7) is 7.80. The lowest BCUT2D eigenvalue weighted by Gasteiger charge is -2.01. The second-order valence-electron chi connectivity index (χ2n) is 3.32. The summed E-state index contributed by atoms with van der Waals surface area (Å²) < 4.78 is 4.94. The number of ether oxygens (including phenoxy) is 1. The number of hydrogen-bond donors (Lipinski definition) is 0. The molecule has 2 heteroatoms. The molecular weight excluding hydrogens is 176 g/mol. The Kier molecular flexibility index (Phi) is 7.90. The zero-order valence-corrected chi connectivity index (χ0v) is 9.21. The molecule has 0 fully saturated rings. The Hall–Kier alpha value is -1.05. The van der Waals surface area contributed by atoms with Crippen molar-refractivity contribution < 1.29 is 9.53 Å². The molecule has 14 heavy (non-hydrogen) atoms. The summed E-state index contributed by atoms with van der Waals surface area (Å²) in [5.74, 6) is -0.289. The normalized spacial score (nSPS) is 10.4. The van der Waals surface area contributed by atoms with Gasteiger partial charge in [-0.3, -0.25) is 0 Å². The topological polar surface area (TPSA) is 26.3 Å². The molecule has 0 aliphatic heterocycles. The van der Waals surface area contributed by atoms with Crippen LogP contribution >= 0.6 is 0 Å². The van der Waals surface area contributed by atoms with Crippen LogP contribution in [0.25, 0.3) is 0 Å². The van der Waals surface area contributed by atoms with Crippen LogP contribution in [0.5, 0.6) is 0 Å². The van der Waals surface area contributed by atoms with Crippen LogP contribution in [-0.4, -0.2) is 12.6 Å². The highest BCUT2D eigenvalue weighted by atomic mass is 16.5. The molecule has 0 atom stereocenters. The molecule has 0 rings (SSSR count). The van der Waals surface area contributed by atoms with E-state index in [1.165, 1.54) is 6.42 Å². The molecule has 0 aromatic carbocycles. The standard InChI is InChI=1S/C12H20O2/c1-4-5-6-7-8-9-10-14-12(13)11(2)3/h6-7H,2,4-5,8-10H2,1,3H3/b7-6+. The number of esters is 1. The maximum absolute atomic E-state index is 10.9. The van der Waals surface area contributed by atoms with Gasteiger partial charge in [0.15, 0.2) is 0 Å². The van der Waals surface area contributed by atoms with Gasteiger partial charge >= 0.3 is 5.97 Å². The van der Waals surface area contributed by atoms with E-state index in [0.29, 0.717) is 12.2 Å². The lowest BCUT2D eigenvalue weighted by atomic mass is 10.2. The van der Waals surface area contributed by atoms with E-state index in [9.17, 15) is 4.79 Å². The van der Waals surface area contributed by atoms with Crippen LogP contribution in [0.2, 0.25) is 0 Å². The van der Waals surface area contributed by atoms with E-state index in [0.717, 1.165) is 19.3 Å². The van der Waals surface area contributed by atoms with Gasteiger partial charge in [-0.15, -0.1) is 0 Å². The Morgan fingerprint density at radius 1 is 1.36 bits per heavy atom. The minimum absolute atomic E-state index is 0.289. The van der Waals surface area contributed by atoms with Gasteiger partial charge in [-0.2, -0.15) is 0 Å². The van der Waals surface area contributed by atoms with Crippen molar-refractivity contribution in [3.05, 3.63) is 24.3 Å². The predicted molar refractivity (Wildman–Crippen MR) is 59.1 cm³/mol. The third-order valence-corrected chi connectivity index (χ3v) is 1.72. The maximum atomic E-state index is 10.9. The minimum Gasteiger partial charge on any atom is -0.462 e. The van der Waals surface area contributed by atoms with Crippen LogP contribution in [-0.2, 0) is 9.53 Å². The molecule has 0 unspecified atom stereocenters. The summed E-state index contributed by atoms with van der Waals surface area (Å²) >= 11 is 0. The lowest BCUT2D eigenvalue weighted by molar-refractivity contribution is -0.139. The van der Waals surface area contributed by atoms with Crippen molar-refractivity contribution in [2.45, 2.75) is 39.5 Å². The molecule has 0 saturated carbocycles. The first kappa shape index (κ1) is 12.9. The van der Waals surface area contributed by atoms with E-state index in [1.54, 1.807) is 6.92 Å². The summed E-state index contributed by atoms with van der Waals surface area (Å²) in [7, 11) is 0. The SMILES string of the molecule is C=C(C)C(=O)OCCC/C=C/CCC. The van der Waals surface area contributed by atoms with Crippen molar-refractivity contribution in [1.82, 2.24) is 0 Å². The number of rotatable bonds is 7. The zero-order chi connectivity index (χ0) is 10.8. The fourth-order valence-corrected chi connectivity index (χ4v) is 0.892. The fraction of sp³-hybridized carbons (Fsp3) is 0.583. The minimum atomic E-state index is -0.289. The lowest BCUT2D eigenvalue weighted by Crippen LogP contribution is -2.05. The third kappa shape index (κ3) is 7.59. The van der Waals surface area contributed by atoms with E-state index in [-0.39, 0.29) is 5.97 Å². The maximum Gasteiger partial charge on any atom is 0.333 e. The van der Waals surface area contributed by atoms with Gasteiger partial charge in [-0.1, -0.05) is 32.1 Å². The monoisotopic (exact) mass is 196 g/mol. The van der Waals surface area contributed by atoms with E-state index in [2.05, 4.69) is 25.7 Å². The Bertz CT molecular complexity index is 204. The molecule has 0 aliphatic carbocycles. The highest BCUT2D eigenvalue weighted by Gasteiger charge is 2.00. The van der Waals surface area contributed by atoms with Gasteiger partial charge in [0.05, 0.1) is 6.61 Å². The second-order valence-corrected chi connectivity index (χ2v) is 3.32. The molecule has 0 aromatic rings. The van der Waals surface area contributed by atoms with Crippen LogP contribution in [0.4, 0.5) is 0 Å². The van der Waals surface area contributed by atoms with Gasteiger partial charge in [0.2, 0.25) is 0 Å². The summed E-state index contributed by atoms with van der Waals surface area (Å²) in [6.07, 6.45) is 8.48.